The molecule has 0 amide bonds. The lowest BCUT2D eigenvalue weighted by Crippen LogP contribution is -2.04. The van der Waals surface area contributed by atoms with E-state index in [9.17, 15) is 0 Å². The van der Waals surface area contributed by atoms with Crippen molar-refractivity contribution < 1.29 is 4.74 Å². The molecule has 4 heteroatoms. The fourth-order valence-corrected chi connectivity index (χ4v) is 1.65. The van der Waals surface area contributed by atoms with Crippen molar-refractivity contribution in [2.24, 2.45) is 0 Å². The van der Waals surface area contributed by atoms with Gasteiger partial charge in [-0.25, -0.2) is 4.98 Å². The zero-order chi connectivity index (χ0) is 12.1. The van der Waals surface area contributed by atoms with E-state index < -0.39 is 0 Å². The van der Waals surface area contributed by atoms with Crippen LogP contribution in [-0.4, -0.2) is 16.2 Å². The van der Waals surface area contributed by atoms with Gasteiger partial charge < -0.3 is 15.0 Å². The van der Waals surface area contributed by atoms with Crippen LogP contribution in [0.1, 0.15) is 12.0 Å². The molecule has 2 aromatic rings. The molecule has 0 radical (unpaired) electrons. The molecule has 0 saturated carbocycles. The second-order valence-corrected chi connectivity index (χ2v) is 4.04. The molecular formula is C13H17N3O. The Morgan fingerprint density at radius 1 is 1.41 bits per heavy atom. The molecule has 0 saturated heterocycles. The highest BCUT2D eigenvalue weighted by Crippen LogP contribution is 2.22. The summed E-state index contributed by atoms with van der Waals surface area (Å²) >= 11 is 0. The Bertz CT molecular complexity index is 466. The number of rotatable bonds is 5. The van der Waals surface area contributed by atoms with Crippen LogP contribution in [-0.2, 0) is 6.54 Å². The number of nitrogens with two attached hydrogens (primary N) is 1. The summed E-state index contributed by atoms with van der Waals surface area (Å²) in [5.74, 6) is 0.765. The average molecular weight is 231 g/mol. The Kier molecular flexibility index (Phi) is 3.65. The van der Waals surface area contributed by atoms with Crippen LogP contribution < -0.4 is 10.5 Å². The Morgan fingerprint density at radius 2 is 2.29 bits per heavy atom. The SMILES string of the molecule is Cc1ccc(OCCCn2ccnc2)c(N)c1. The largest absolute Gasteiger partial charge is 0.491 e. The van der Waals surface area contributed by atoms with Gasteiger partial charge in [-0.15, -0.1) is 0 Å². The van der Waals surface area contributed by atoms with Crippen molar-refractivity contribution in [1.29, 1.82) is 0 Å². The Balaban J connectivity index is 1.78. The predicted octanol–water partition coefficient (Wildman–Crippen LogP) is 2.24. The smallest absolute Gasteiger partial charge is 0.142 e. The fourth-order valence-electron chi connectivity index (χ4n) is 1.65. The van der Waals surface area contributed by atoms with Crippen molar-refractivity contribution in [3.63, 3.8) is 0 Å². The molecule has 0 atom stereocenters. The predicted molar refractivity (Wildman–Crippen MR) is 67.9 cm³/mol. The zero-order valence-electron chi connectivity index (χ0n) is 9.97. The third kappa shape index (κ3) is 3.24. The quantitative estimate of drug-likeness (QED) is 0.634. The maximum atomic E-state index is 5.86. The van der Waals surface area contributed by atoms with Gasteiger partial charge in [0.05, 0.1) is 18.6 Å². The molecule has 1 aromatic heterocycles. The highest BCUT2D eigenvalue weighted by molar-refractivity contribution is 5.53. The fraction of sp³-hybridized carbons (Fsp3) is 0.308. The Hall–Kier alpha value is -1.97. The van der Waals surface area contributed by atoms with Crippen molar-refractivity contribution in [3.05, 3.63) is 42.5 Å². The van der Waals surface area contributed by atoms with Gasteiger partial charge >= 0.3 is 0 Å². The van der Waals surface area contributed by atoms with E-state index in [4.69, 9.17) is 10.5 Å². The van der Waals surface area contributed by atoms with E-state index >= 15 is 0 Å². The number of nitrogens with zero attached hydrogens (tertiary/aromatic N) is 2. The van der Waals surface area contributed by atoms with Crippen LogP contribution in [0.25, 0.3) is 0 Å². The summed E-state index contributed by atoms with van der Waals surface area (Å²) in [4.78, 5) is 3.99. The first-order valence-corrected chi connectivity index (χ1v) is 5.70. The van der Waals surface area contributed by atoms with E-state index in [0.29, 0.717) is 12.3 Å². The molecule has 0 fully saturated rings. The molecule has 1 aromatic carbocycles. The number of aromatic nitrogens is 2. The van der Waals surface area contributed by atoms with Crippen LogP contribution in [0.15, 0.2) is 36.9 Å². The molecule has 1 heterocycles. The minimum atomic E-state index is 0.658. The van der Waals surface area contributed by atoms with Gasteiger partial charge in [-0.05, 0) is 31.0 Å². The van der Waals surface area contributed by atoms with Crippen LogP contribution in [0.2, 0.25) is 0 Å². The van der Waals surface area contributed by atoms with Crippen LogP contribution in [0, 0.1) is 6.92 Å². The summed E-state index contributed by atoms with van der Waals surface area (Å²) in [5.41, 5.74) is 7.71. The molecule has 2 rings (SSSR count). The van der Waals surface area contributed by atoms with E-state index in [2.05, 4.69) is 4.98 Å². The van der Waals surface area contributed by atoms with E-state index in [1.807, 2.05) is 35.9 Å². The topological polar surface area (TPSA) is 53.1 Å². The summed E-state index contributed by atoms with van der Waals surface area (Å²) in [6, 6.07) is 5.84. The first-order chi connectivity index (χ1) is 8.25. The number of nitrogen functional groups attached to an aromatic ring is 1. The molecule has 0 aliphatic carbocycles. The molecule has 0 unspecified atom stereocenters. The van der Waals surface area contributed by atoms with Crippen molar-refractivity contribution in [2.45, 2.75) is 19.9 Å². The van der Waals surface area contributed by atoms with Gasteiger partial charge in [0.25, 0.3) is 0 Å². The van der Waals surface area contributed by atoms with E-state index in [1.54, 1.807) is 12.5 Å². The molecular weight excluding hydrogens is 214 g/mol. The lowest BCUT2D eigenvalue weighted by atomic mass is 10.2. The van der Waals surface area contributed by atoms with Gasteiger partial charge in [0.1, 0.15) is 5.75 Å². The lowest BCUT2D eigenvalue weighted by molar-refractivity contribution is 0.303. The molecule has 0 bridgehead atoms. The zero-order valence-corrected chi connectivity index (χ0v) is 9.97. The third-order valence-electron chi connectivity index (χ3n) is 2.54. The van der Waals surface area contributed by atoms with Crippen LogP contribution in [0.5, 0.6) is 5.75 Å². The van der Waals surface area contributed by atoms with Gasteiger partial charge in [-0.3, -0.25) is 0 Å². The van der Waals surface area contributed by atoms with E-state index in [-0.39, 0.29) is 0 Å². The van der Waals surface area contributed by atoms with Crippen LogP contribution >= 0.6 is 0 Å². The maximum Gasteiger partial charge on any atom is 0.142 e. The van der Waals surface area contributed by atoms with Gasteiger partial charge in [0.15, 0.2) is 0 Å². The Labute approximate surface area is 101 Å². The summed E-state index contributed by atoms with van der Waals surface area (Å²) in [6.45, 7) is 3.58. The second-order valence-electron chi connectivity index (χ2n) is 4.04. The summed E-state index contributed by atoms with van der Waals surface area (Å²) in [7, 11) is 0. The monoisotopic (exact) mass is 231 g/mol. The minimum Gasteiger partial charge on any atom is -0.491 e. The summed E-state index contributed by atoms with van der Waals surface area (Å²) < 4.78 is 7.66. The summed E-state index contributed by atoms with van der Waals surface area (Å²) in [6.07, 6.45) is 6.46. The van der Waals surface area contributed by atoms with Crippen molar-refractivity contribution >= 4 is 5.69 Å². The summed E-state index contributed by atoms with van der Waals surface area (Å²) in [5, 5.41) is 0. The maximum absolute atomic E-state index is 5.86. The molecule has 0 aliphatic rings. The highest BCUT2D eigenvalue weighted by atomic mass is 16.5. The van der Waals surface area contributed by atoms with Crippen molar-refractivity contribution in [2.75, 3.05) is 12.3 Å². The first kappa shape index (κ1) is 11.5. The Morgan fingerprint density at radius 3 is 3.00 bits per heavy atom. The van der Waals surface area contributed by atoms with E-state index in [1.165, 1.54) is 0 Å². The number of aryl methyl sites for hydroxylation is 2. The number of anilines is 1. The molecule has 0 aliphatic heterocycles. The lowest BCUT2D eigenvalue weighted by Gasteiger charge is -2.09. The number of hydrogen-bond acceptors (Lipinski definition) is 3. The molecule has 2 N–H and O–H groups in total. The molecule has 17 heavy (non-hydrogen) atoms. The number of benzene rings is 1. The van der Waals surface area contributed by atoms with E-state index in [0.717, 1.165) is 24.3 Å². The molecule has 0 spiro atoms. The number of imidazole rings is 1. The van der Waals surface area contributed by atoms with Crippen molar-refractivity contribution in [1.82, 2.24) is 9.55 Å². The van der Waals surface area contributed by atoms with Gasteiger partial charge in [0.2, 0.25) is 0 Å². The standard InChI is InChI=1S/C13H17N3O/c1-11-3-4-13(12(14)9-11)17-8-2-6-16-7-5-15-10-16/h3-5,7,9-10H,2,6,8,14H2,1H3. The van der Waals surface area contributed by atoms with Crippen LogP contribution in [0.4, 0.5) is 5.69 Å². The average Bonchev–Trinajstić information content (AvgIpc) is 2.79. The third-order valence-corrected chi connectivity index (χ3v) is 2.54. The van der Waals surface area contributed by atoms with Crippen molar-refractivity contribution in [3.8, 4) is 5.75 Å². The molecule has 90 valence electrons. The van der Waals surface area contributed by atoms with Gasteiger partial charge in [-0.2, -0.15) is 0 Å². The highest BCUT2D eigenvalue weighted by Gasteiger charge is 2.00. The van der Waals surface area contributed by atoms with Gasteiger partial charge in [-0.1, -0.05) is 6.07 Å². The molecule has 4 nitrogen and oxygen atoms in total. The number of ether oxygens (including phenoxy) is 1. The first-order valence-electron chi connectivity index (χ1n) is 5.70. The minimum absolute atomic E-state index is 0.658. The second kappa shape index (κ2) is 5.39. The number of hydrogen-bond donors (Lipinski definition) is 1. The van der Waals surface area contributed by atoms with Crippen LogP contribution in [0.3, 0.4) is 0 Å². The van der Waals surface area contributed by atoms with Gasteiger partial charge in [0, 0.05) is 18.9 Å². The normalized spacial score (nSPS) is 10.4.